The molecule has 0 aliphatic heterocycles. The van der Waals surface area contributed by atoms with Gasteiger partial charge in [0, 0.05) is 17.3 Å². The molecule has 0 saturated heterocycles. The van der Waals surface area contributed by atoms with E-state index < -0.39 is 0 Å². The van der Waals surface area contributed by atoms with Gasteiger partial charge < -0.3 is 4.98 Å². The van der Waals surface area contributed by atoms with Gasteiger partial charge in [0.2, 0.25) is 5.91 Å². The summed E-state index contributed by atoms with van der Waals surface area (Å²) in [6.07, 6.45) is -0.00187. The van der Waals surface area contributed by atoms with Crippen molar-refractivity contribution in [1.29, 1.82) is 0 Å². The average molecular weight is 316 g/mol. The third-order valence-electron chi connectivity index (χ3n) is 3.05. The fourth-order valence-electron chi connectivity index (χ4n) is 2.01. The van der Waals surface area contributed by atoms with Crippen LogP contribution in [0.4, 0.5) is 0 Å². The summed E-state index contributed by atoms with van der Waals surface area (Å²) in [5, 5.41) is 4.09. The Labute approximate surface area is 132 Å². The van der Waals surface area contributed by atoms with E-state index in [-0.39, 0.29) is 22.7 Å². The molecule has 7 heteroatoms. The van der Waals surface area contributed by atoms with E-state index in [0.717, 1.165) is 11.1 Å². The Morgan fingerprint density at radius 2 is 2.05 bits per heavy atom. The first kappa shape index (κ1) is 15.8. The highest BCUT2D eigenvalue weighted by atomic mass is 32.1. The van der Waals surface area contributed by atoms with Gasteiger partial charge in [-0.1, -0.05) is 24.3 Å². The van der Waals surface area contributed by atoms with Crippen LogP contribution in [0.3, 0.4) is 0 Å². The number of aromatic nitrogens is 2. The average Bonchev–Trinajstić information content (AvgIpc) is 2.44. The van der Waals surface area contributed by atoms with Crippen molar-refractivity contribution in [2.75, 3.05) is 0 Å². The molecule has 1 heterocycles. The molecule has 0 aliphatic rings. The van der Waals surface area contributed by atoms with Gasteiger partial charge in [0.15, 0.2) is 4.77 Å². The van der Waals surface area contributed by atoms with Crippen molar-refractivity contribution >= 4 is 23.8 Å². The Kier molecular flexibility index (Phi) is 5.00. The number of carbonyl (C=O) groups is 1. The van der Waals surface area contributed by atoms with E-state index in [9.17, 15) is 9.59 Å². The van der Waals surface area contributed by atoms with Crippen LogP contribution < -0.4 is 11.0 Å². The zero-order valence-corrected chi connectivity index (χ0v) is 13.1. The zero-order chi connectivity index (χ0) is 16.1. The van der Waals surface area contributed by atoms with Crippen LogP contribution in [0.2, 0.25) is 0 Å². The zero-order valence-electron chi connectivity index (χ0n) is 12.3. The monoisotopic (exact) mass is 316 g/mol. The van der Waals surface area contributed by atoms with Gasteiger partial charge in [0.25, 0.3) is 5.56 Å². The molecule has 0 unspecified atom stereocenters. The van der Waals surface area contributed by atoms with Gasteiger partial charge in [-0.25, -0.2) is 5.43 Å². The van der Waals surface area contributed by atoms with Crippen LogP contribution in [0, 0.1) is 11.7 Å². The van der Waals surface area contributed by atoms with E-state index in [1.807, 2.05) is 38.1 Å². The van der Waals surface area contributed by atoms with Crippen molar-refractivity contribution in [3.8, 4) is 0 Å². The number of H-pyrrole nitrogens is 2. The summed E-state index contributed by atoms with van der Waals surface area (Å²) in [4.78, 5) is 28.3. The molecule has 6 nitrogen and oxygen atoms in total. The molecule has 0 radical (unpaired) electrons. The summed E-state index contributed by atoms with van der Waals surface area (Å²) < 4.78 is 0.190. The molecule has 1 aromatic carbocycles. The van der Waals surface area contributed by atoms with Gasteiger partial charge >= 0.3 is 0 Å². The predicted octanol–water partition coefficient (Wildman–Crippen LogP) is 1.82. The molecule has 0 spiro atoms. The minimum atomic E-state index is -0.342. The van der Waals surface area contributed by atoms with Crippen molar-refractivity contribution in [3.63, 3.8) is 0 Å². The van der Waals surface area contributed by atoms with Gasteiger partial charge in [0.05, 0.1) is 12.1 Å². The molecule has 0 bridgehead atoms. The summed E-state index contributed by atoms with van der Waals surface area (Å²) >= 11 is 4.85. The first-order chi connectivity index (χ1) is 10.5. The SMILES string of the molecule is C/C(=N/NC(=O)Cc1cc(=O)[nH]c(=S)[nH]1)c1ccccc1C. The number of carbonyl (C=O) groups excluding carboxylic acids is 1. The van der Waals surface area contributed by atoms with Crippen LogP contribution in [0.1, 0.15) is 23.7 Å². The molecule has 1 aromatic heterocycles. The van der Waals surface area contributed by atoms with E-state index in [1.165, 1.54) is 6.07 Å². The molecule has 114 valence electrons. The Morgan fingerprint density at radius 3 is 2.73 bits per heavy atom. The van der Waals surface area contributed by atoms with Gasteiger partial charge in [-0.3, -0.25) is 14.6 Å². The predicted molar refractivity (Wildman–Crippen MR) is 87.5 cm³/mol. The summed E-state index contributed by atoms with van der Waals surface area (Å²) in [7, 11) is 0. The summed E-state index contributed by atoms with van der Waals surface area (Å²) in [5.41, 5.74) is 5.34. The van der Waals surface area contributed by atoms with Crippen LogP contribution in [-0.2, 0) is 11.2 Å². The second kappa shape index (κ2) is 6.95. The Hall–Kier alpha value is -2.54. The van der Waals surface area contributed by atoms with Crippen molar-refractivity contribution in [2.24, 2.45) is 5.10 Å². The topological polar surface area (TPSA) is 90.1 Å². The van der Waals surface area contributed by atoms with Crippen molar-refractivity contribution < 1.29 is 4.79 Å². The molecule has 2 aromatic rings. The van der Waals surface area contributed by atoms with Gasteiger partial charge in [0.1, 0.15) is 0 Å². The third-order valence-corrected chi connectivity index (χ3v) is 3.25. The van der Waals surface area contributed by atoms with Crippen LogP contribution >= 0.6 is 12.2 Å². The van der Waals surface area contributed by atoms with Gasteiger partial charge in [-0.05, 0) is 31.6 Å². The maximum Gasteiger partial charge on any atom is 0.251 e. The number of amides is 1. The van der Waals surface area contributed by atoms with Crippen LogP contribution in [0.25, 0.3) is 0 Å². The first-order valence-corrected chi connectivity index (χ1v) is 7.08. The lowest BCUT2D eigenvalue weighted by molar-refractivity contribution is -0.120. The number of hydrazone groups is 1. The highest BCUT2D eigenvalue weighted by molar-refractivity contribution is 7.71. The maximum absolute atomic E-state index is 11.9. The molecule has 22 heavy (non-hydrogen) atoms. The number of nitrogens with zero attached hydrogens (tertiary/aromatic N) is 1. The van der Waals surface area contributed by atoms with Crippen LogP contribution in [0.15, 0.2) is 40.2 Å². The molecule has 1 amide bonds. The third kappa shape index (κ3) is 4.23. The molecule has 0 saturated carbocycles. The lowest BCUT2D eigenvalue weighted by Crippen LogP contribution is -2.23. The molecular weight excluding hydrogens is 300 g/mol. The van der Waals surface area contributed by atoms with Crippen LogP contribution in [-0.4, -0.2) is 21.6 Å². The van der Waals surface area contributed by atoms with Crippen molar-refractivity contribution in [1.82, 2.24) is 15.4 Å². The van der Waals surface area contributed by atoms with Crippen LogP contribution in [0.5, 0.6) is 0 Å². The fraction of sp³-hybridized carbons (Fsp3) is 0.200. The summed E-state index contributed by atoms with van der Waals surface area (Å²) in [6.45, 7) is 3.80. The Bertz CT molecular complexity index is 807. The Morgan fingerprint density at radius 1 is 1.32 bits per heavy atom. The number of hydrogen-bond acceptors (Lipinski definition) is 4. The second-order valence-corrected chi connectivity index (χ2v) is 5.25. The van der Waals surface area contributed by atoms with E-state index in [0.29, 0.717) is 11.4 Å². The number of aryl methyl sites for hydroxylation is 1. The highest BCUT2D eigenvalue weighted by Gasteiger charge is 2.05. The normalized spacial score (nSPS) is 11.3. The van der Waals surface area contributed by atoms with Crippen molar-refractivity contribution in [3.05, 3.63) is 62.3 Å². The largest absolute Gasteiger partial charge is 0.335 e. The molecule has 2 rings (SSSR count). The number of rotatable bonds is 4. The number of benzene rings is 1. The molecule has 3 N–H and O–H groups in total. The molecule has 0 fully saturated rings. The number of hydrogen-bond donors (Lipinski definition) is 3. The van der Waals surface area contributed by atoms with E-state index in [4.69, 9.17) is 12.2 Å². The minimum Gasteiger partial charge on any atom is -0.335 e. The lowest BCUT2D eigenvalue weighted by Gasteiger charge is -2.05. The summed E-state index contributed by atoms with van der Waals surface area (Å²) in [6, 6.07) is 9.08. The maximum atomic E-state index is 11.9. The van der Waals surface area contributed by atoms with Gasteiger partial charge in [-0.2, -0.15) is 5.10 Å². The van der Waals surface area contributed by atoms with Crippen molar-refractivity contribution in [2.45, 2.75) is 20.3 Å². The lowest BCUT2D eigenvalue weighted by atomic mass is 10.1. The smallest absolute Gasteiger partial charge is 0.251 e. The number of aromatic amines is 2. The fourth-order valence-corrected chi connectivity index (χ4v) is 2.24. The Balaban J connectivity index is 2.06. The quantitative estimate of drug-likeness (QED) is 0.456. The minimum absolute atomic E-state index is 0.00187. The van der Waals surface area contributed by atoms with E-state index in [1.54, 1.807) is 0 Å². The van der Waals surface area contributed by atoms with E-state index in [2.05, 4.69) is 20.5 Å². The standard InChI is InChI=1S/C15H16N4O2S/c1-9-5-3-4-6-12(9)10(2)18-19-14(21)8-11-7-13(20)17-15(22)16-11/h3-7H,8H2,1-2H3,(H,19,21)(H2,16,17,20,22)/b18-10-. The second-order valence-electron chi connectivity index (χ2n) is 4.84. The van der Waals surface area contributed by atoms with E-state index >= 15 is 0 Å². The number of nitrogens with one attached hydrogen (secondary N) is 3. The summed E-state index contributed by atoms with van der Waals surface area (Å²) in [5.74, 6) is -0.329. The molecule has 0 atom stereocenters. The molecular formula is C15H16N4O2S. The first-order valence-electron chi connectivity index (χ1n) is 6.67. The highest BCUT2D eigenvalue weighted by Crippen LogP contribution is 2.07. The van der Waals surface area contributed by atoms with Gasteiger partial charge in [-0.15, -0.1) is 0 Å². The molecule has 0 aliphatic carbocycles.